The van der Waals surface area contributed by atoms with Crippen molar-refractivity contribution in [1.29, 1.82) is 0 Å². The zero-order valence-electron chi connectivity index (χ0n) is 29.9. The summed E-state index contributed by atoms with van der Waals surface area (Å²) in [6.07, 6.45) is 42.7. The SMILES string of the molecule is CCC(=O)O.CCCCCCCCC=CCCCCCCCC(=O)O.CCCCCCCCC=CCCCCCCCC(=O)O. The van der Waals surface area contributed by atoms with Gasteiger partial charge in [0.2, 0.25) is 0 Å². The quantitative estimate of drug-likeness (QED) is 0.0514. The van der Waals surface area contributed by atoms with E-state index in [9.17, 15) is 14.4 Å². The monoisotopic (exact) mass is 639 g/mol. The molecule has 45 heavy (non-hydrogen) atoms. The Bertz CT molecular complexity index is 620. The molecule has 0 saturated heterocycles. The number of hydrogen-bond acceptors (Lipinski definition) is 3. The summed E-state index contributed by atoms with van der Waals surface area (Å²) in [6, 6.07) is 0. The van der Waals surface area contributed by atoms with E-state index in [0.717, 1.165) is 25.7 Å². The smallest absolute Gasteiger partial charge is 0.303 e. The first-order valence-electron chi connectivity index (χ1n) is 18.8. The van der Waals surface area contributed by atoms with Gasteiger partial charge in [-0.25, -0.2) is 0 Å². The average molecular weight is 639 g/mol. The van der Waals surface area contributed by atoms with Crippen molar-refractivity contribution < 1.29 is 29.7 Å². The fourth-order valence-corrected chi connectivity index (χ4v) is 4.69. The lowest BCUT2D eigenvalue weighted by Crippen LogP contribution is -1.93. The Kier molecular flexibility index (Phi) is 46.3. The molecule has 0 aliphatic rings. The summed E-state index contributed by atoms with van der Waals surface area (Å²) in [5.74, 6) is -2.07. The van der Waals surface area contributed by atoms with Crippen LogP contribution < -0.4 is 0 Å². The largest absolute Gasteiger partial charge is 0.481 e. The first-order valence-corrected chi connectivity index (χ1v) is 18.8. The maximum absolute atomic E-state index is 10.3. The second-order valence-corrected chi connectivity index (χ2v) is 12.2. The predicted octanol–water partition coefficient (Wildman–Crippen LogP) is 12.7. The Balaban J connectivity index is -0.000000680. The number of unbranched alkanes of at least 4 members (excludes halogenated alkanes) is 22. The van der Waals surface area contributed by atoms with Gasteiger partial charge in [0, 0.05) is 19.3 Å². The van der Waals surface area contributed by atoms with Crippen LogP contribution in [0.15, 0.2) is 24.3 Å². The minimum atomic E-state index is -0.745. The van der Waals surface area contributed by atoms with Crippen LogP contribution in [0.1, 0.15) is 207 Å². The summed E-state index contributed by atoms with van der Waals surface area (Å²) in [5.41, 5.74) is 0. The molecule has 0 bridgehead atoms. The third kappa shape index (κ3) is 58.0. The van der Waals surface area contributed by atoms with E-state index in [0.29, 0.717) is 12.8 Å². The van der Waals surface area contributed by atoms with Crippen LogP contribution in [0.2, 0.25) is 0 Å². The van der Waals surface area contributed by atoms with Crippen LogP contribution in [0.5, 0.6) is 0 Å². The predicted molar refractivity (Wildman–Crippen MR) is 192 cm³/mol. The summed E-state index contributed by atoms with van der Waals surface area (Å²) in [7, 11) is 0. The molecule has 0 aromatic rings. The van der Waals surface area contributed by atoms with Crippen LogP contribution in [0.3, 0.4) is 0 Å². The lowest BCUT2D eigenvalue weighted by Gasteiger charge is -1.99. The number of hydrogen-bond donors (Lipinski definition) is 3. The van der Waals surface area contributed by atoms with E-state index in [4.69, 9.17) is 15.3 Å². The van der Waals surface area contributed by atoms with Crippen molar-refractivity contribution in [3.05, 3.63) is 24.3 Å². The molecule has 266 valence electrons. The Labute approximate surface area is 278 Å². The number of rotatable bonds is 31. The zero-order chi connectivity index (χ0) is 34.1. The maximum Gasteiger partial charge on any atom is 0.303 e. The van der Waals surface area contributed by atoms with E-state index in [-0.39, 0.29) is 6.42 Å². The zero-order valence-corrected chi connectivity index (χ0v) is 29.9. The van der Waals surface area contributed by atoms with Crippen molar-refractivity contribution in [1.82, 2.24) is 0 Å². The van der Waals surface area contributed by atoms with Crippen LogP contribution >= 0.6 is 0 Å². The van der Waals surface area contributed by atoms with E-state index in [1.165, 1.54) is 141 Å². The Hall–Kier alpha value is -2.11. The minimum Gasteiger partial charge on any atom is -0.481 e. The van der Waals surface area contributed by atoms with Gasteiger partial charge in [-0.05, 0) is 64.2 Å². The number of allylic oxidation sites excluding steroid dienone is 4. The highest BCUT2D eigenvalue weighted by Gasteiger charge is 1.97. The molecule has 0 radical (unpaired) electrons. The van der Waals surface area contributed by atoms with Crippen LogP contribution in [-0.2, 0) is 14.4 Å². The second-order valence-electron chi connectivity index (χ2n) is 12.2. The molecule has 0 aromatic heterocycles. The van der Waals surface area contributed by atoms with Crippen LogP contribution in [-0.4, -0.2) is 33.2 Å². The van der Waals surface area contributed by atoms with E-state index in [1.54, 1.807) is 6.92 Å². The van der Waals surface area contributed by atoms with Crippen molar-refractivity contribution in [3.8, 4) is 0 Å². The summed E-state index contributed by atoms with van der Waals surface area (Å²) in [4.78, 5) is 30.0. The van der Waals surface area contributed by atoms with Crippen LogP contribution in [0, 0.1) is 0 Å². The molecule has 0 aliphatic carbocycles. The highest BCUT2D eigenvalue weighted by molar-refractivity contribution is 5.67. The van der Waals surface area contributed by atoms with Gasteiger partial charge in [-0.3, -0.25) is 14.4 Å². The van der Waals surface area contributed by atoms with Crippen LogP contribution in [0.25, 0.3) is 0 Å². The van der Waals surface area contributed by atoms with E-state index in [2.05, 4.69) is 38.2 Å². The highest BCUT2D eigenvalue weighted by Crippen LogP contribution is 2.11. The lowest BCUT2D eigenvalue weighted by molar-refractivity contribution is -0.138. The molecular formula is C39H74O6. The normalized spacial score (nSPS) is 10.8. The topological polar surface area (TPSA) is 112 Å². The lowest BCUT2D eigenvalue weighted by atomic mass is 10.1. The van der Waals surface area contributed by atoms with Gasteiger partial charge in [0.05, 0.1) is 0 Å². The third-order valence-electron chi connectivity index (χ3n) is 7.61. The van der Waals surface area contributed by atoms with Crippen molar-refractivity contribution in [2.45, 2.75) is 207 Å². The molecule has 0 saturated carbocycles. The number of carboxylic acid groups (broad SMARTS) is 3. The number of aliphatic carboxylic acids is 3. The summed E-state index contributed by atoms with van der Waals surface area (Å²) < 4.78 is 0. The second kappa shape index (κ2) is 44.0. The summed E-state index contributed by atoms with van der Waals surface area (Å²) in [5, 5.41) is 24.7. The molecule has 6 nitrogen and oxygen atoms in total. The van der Waals surface area contributed by atoms with Gasteiger partial charge in [0.25, 0.3) is 0 Å². The molecule has 6 heteroatoms. The Morgan fingerprint density at radius 2 is 0.578 bits per heavy atom. The average Bonchev–Trinajstić information content (AvgIpc) is 3.01. The van der Waals surface area contributed by atoms with Gasteiger partial charge >= 0.3 is 17.9 Å². The van der Waals surface area contributed by atoms with E-state index in [1.807, 2.05) is 0 Å². The highest BCUT2D eigenvalue weighted by atomic mass is 16.4. The fourth-order valence-electron chi connectivity index (χ4n) is 4.69. The Morgan fingerprint density at radius 1 is 0.356 bits per heavy atom. The van der Waals surface area contributed by atoms with Crippen molar-refractivity contribution in [2.75, 3.05) is 0 Å². The van der Waals surface area contributed by atoms with Crippen molar-refractivity contribution in [2.24, 2.45) is 0 Å². The summed E-state index contributed by atoms with van der Waals surface area (Å²) >= 11 is 0. The molecule has 3 N–H and O–H groups in total. The van der Waals surface area contributed by atoms with Crippen molar-refractivity contribution in [3.63, 3.8) is 0 Å². The van der Waals surface area contributed by atoms with Crippen LogP contribution in [0.4, 0.5) is 0 Å². The fraction of sp³-hybridized carbons (Fsp3) is 0.821. The molecule has 0 unspecified atom stereocenters. The third-order valence-corrected chi connectivity index (χ3v) is 7.61. The number of carboxylic acids is 3. The molecule has 0 amide bonds. The molecule has 0 fully saturated rings. The molecule has 0 rings (SSSR count). The Morgan fingerprint density at radius 3 is 0.800 bits per heavy atom. The van der Waals surface area contributed by atoms with Gasteiger partial charge in [-0.2, -0.15) is 0 Å². The minimum absolute atomic E-state index is 0.222. The van der Waals surface area contributed by atoms with Gasteiger partial charge in [-0.15, -0.1) is 0 Å². The molecular weight excluding hydrogens is 564 g/mol. The first-order chi connectivity index (χ1) is 21.8. The molecule has 0 aromatic carbocycles. The van der Waals surface area contributed by atoms with E-state index >= 15 is 0 Å². The van der Waals surface area contributed by atoms with Crippen molar-refractivity contribution >= 4 is 17.9 Å². The van der Waals surface area contributed by atoms with E-state index < -0.39 is 17.9 Å². The molecule has 0 atom stereocenters. The van der Waals surface area contributed by atoms with Gasteiger partial charge in [0.1, 0.15) is 0 Å². The number of carbonyl (C=O) groups is 3. The van der Waals surface area contributed by atoms with Gasteiger partial charge in [0.15, 0.2) is 0 Å². The standard InChI is InChI=1S/2C18H34O2.C3H6O2/c2*1-2-3-4-5-6-7-8-9-10-11-12-13-14-15-16-17-18(19)20;1-2-3(4)5/h2*9-10H,2-8,11-17H2,1H3,(H,19,20);2H2,1H3,(H,4,5). The van der Waals surface area contributed by atoms with Gasteiger partial charge in [-0.1, -0.05) is 148 Å². The molecule has 0 aliphatic heterocycles. The van der Waals surface area contributed by atoms with Gasteiger partial charge < -0.3 is 15.3 Å². The maximum atomic E-state index is 10.3. The first kappa shape index (κ1) is 47.3. The molecule has 0 heterocycles. The summed E-state index contributed by atoms with van der Waals surface area (Å²) in [6.45, 7) is 6.12. The molecule has 0 spiro atoms.